The molecule has 3 aromatic rings. The van der Waals surface area contributed by atoms with Gasteiger partial charge in [0.05, 0.1) is 25.0 Å². The van der Waals surface area contributed by atoms with Gasteiger partial charge in [-0.3, -0.25) is 9.59 Å². The van der Waals surface area contributed by atoms with Crippen LogP contribution in [-0.4, -0.2) is 58.7 Å². The van der Waals surface area contributed by atoms with E-state index in [1.54, 1.807) is 18.4 Å². The molecule has 0 saturated heterocycles. The van der Waals surface area contributed by atoms with E-state index < -0.39 is 0 Å². The van der Waals surface area contributed by atoms with Crippen LogP contribution in [0, 0.1) is 0 Å². The van der Waals surface area contributed by atoms with E-state index in [0.29, 0.717) is 17.9 Å². The Kier molecular flexibility index (Phi) is 6.89. The number of nitrogens with one attached hydrogen (secondary N) is 1. The first-order valence-electron chi connectivity index (χ1n) is 13.0. The van der Waals surface area contributed by atoms with E-state index in [4.69, 9.17) is 4.74 Å². The highest BCUT2D eigenvalue weighted by molar-refractivity contribution is 7.13. The average molecular weight is 522 g/mol. The number of nitrogens with zero attached hydrogens (tertiary/aromatic N) is 2. The molecule has 7 nitrogen and oxygen atoms in total. The Bertz CT molecular complexity index is 1330. The number of carbonyl (C=O) groups is 2. The second-order valence-corrected chi connectivity index (χ2v) is 11.7. The van der Waals surface area contributed by atoms with Crippen LogP contribution in [-0.2, 0) is 19.4 Å². The van der Waals surface area contributed by atoms with Gasteiger partial charge in [-0.25, -0.2) is 0 Å². The monoisotopic (exact) mass is 521 g/mol. The van der Waals surface area contributed by atoms with Gasteiger partial charge in [0.2, 0.25) is 0 Å². The molecule has 0 bridgehead atoms. The fraction of sp³-hybridized carbons (Fsp3) is 0.448. The molecular weight excluding hydrogens is 486 g/mol. The van der Waals surface area contributed by atoms with Crippen molar-refractivity contribution < 1.29 is 19.4 Å². The molecule has 37 heavy (non-hydrogen) atoms. The Morgan fingerprint density at radius 1 is 1.16 bits per heavy atom. The van der Waals surface area contributed by atoms with Crippen molar-refractivity contribution in [1.82, 2.24) is 14.8 Å². The number of benzene rings is 1. The van der Waals surface area contributed by atoms with Crippen LogP contribution in [0.25, 0.3) is 21.7 Å². The number of ether oxygens (including phenoxy) is 1. The Balaban J connectivity index is 1.78. The summed E-state index contributed by atoms with van der Waals surface area (Å²) >= 11 is 1.68. The van der Waals surface area contributed by atoms with Crippen LogP contribution in [0.5, 0.6) is 5.75 Å². The maximum Gasteiger partial charge on any atom is 0.271 e. The summed E-state index contributed by atoms with van der Waals surface area (Å²) in [5.41, 5.74) is 6.25. The number of hydrogen-bond acceptors (Lipinski definition) is 5. The van der Waals surface area contributed by atoms with Crippen LogP contribution in [0.1, 0.15) is 65.6 Å². The number of rotatable bonds is 5. The molecular formula is C29H35N3O4S. The SMILES string of the molecule is COc1cc2c(cc1C(=O)NCCO)-c1c(-c3cccs3)c3c(n1CC2)C(=O)N(C(C)(C)C)CCCC3. The Hall–Kier alpha value is -3.10. The number of methoxy groups -OCH3 is 1. The lowest BCUT2D eigenvalue weighted by atomic mass is 9.91. The maximum atomic E-state index is 14.2. The quantitative estimate of drug-likeness (QED) is 0.508. The van der Waals surface area contributed by atoms with E-state index in [1.807, 2.05) is 23.1 Å². The molecule has 0 spiro atoms. The summed E-state index contributed by atoms with van der Waals surface area (Å²) in [6.07, 6.45) is 3.57. The predicted octanol–water partition coefficient (Wildman–Crippen LogP) is 4.75. The Labute approximate surface area is 222 Å². The van der Waals surface area contributed by atoms with Crippen molar-refractivity contribution >= 4 is 23.2 Å². The van der Waals surface area contributed by atoms with Gasteiger partial charge in [0, 0.05) is 41.2 Å². The molecule has 2 aliphatic heterocycles. The molecule has 1 aromatic carbocycles. The van der Waals surface area contributed by atoms with Crippen LogP contribution < -0.4 is 10.1 Å². The number of amides is 2. The van der Waals surface area contributed by atoms with E-state index in [-0.39, 0.29) is 30.5 Å². The van der Waals surface area contributed by atoms with Gasteiger partial charge in [-0.2, -0.15) is 0 Å². The van der Waals surface area contributed by atoms with Gasteiger partial charge in [-0.15, -0.1) is 11.3 Å². The van der Waals surface area contributed by atoms with Crippen LogP contribution in [0.3, 0.4) is 0 Å². The molecule has 0 atom stereocenters. The van der Waals surface area contributed by atoms with Crippen molar-refractivity contribution in [1.29, 1.82) is 0 Å². The zero-order valence-electron chi connectivity index (χ0n) is 22.0. The average Bonchev–Trinajstić information content (AvgIpc) is 3.49. The highest BCUT2D eigenvalue weighted by Gasteiger charge is 2.37. The van der Waals surface area contributed by atoms with E-state index in [9.17, 15) is 14.7 Å². The summed E-state index contributed by atoms with van der Waals surface area (Å²) in [5.74, 6) is 0.313. The highest BCUT2D eigenvalue weighted by atomic mass is 32.1. The van der Waals surface area contributed by atoms with Crippen molar-refractivity contribution in [2.24, 2.45) is 0 Å². The lowest BCUT2D eigenvalue weighted by molar-refractivity contribution is 0.0558. The third-order valence-corrected chi connectivity index (χ3v) is 8.26. The van der Waals surface area contributed by atoms with Crippen molar-refractivity contribution in [2.45, 2.75) is 58.5 Å². The summed E-state index contributed by atoms with van der Waals surface area (Å²) < 4.78 is 7.81. The number of aliphatic hydroxyl groups is 1. The molecule has 4 heterocycles. The lowest BCUT2D eigenvalue weighted by Crippen LogP contribution is -2.47. The minimum absolute atomic E-state index is 0.0872. The molecule has 8 heteroatoms. The molecule has 2 N–H and O–H groups in total. The normalized spacial score (nSPS) is 15.4. The number of thiophene rings is 1. The molecule has 0 aliphatic carbocycles. The van der Waals surface area contributed by atoms with E-state index in [1.165, 1.54) is 0 Å². The molecule has 0 unspecified atom stereocenters. The van der Waals surface area contributed by atoms with Gasteiger partial charge < -0.3 is 24.6 Å². The molecule has 2 aromatic heterocycles. The summed E-state index contributed by atoms with van der Waals surface area (Å²) in [6.45, 7) is 7.78. The molecule has 0 saturated carbocycles. The third kappa shape index (κ3) is 4.46. The number of aliphatic hydroxyl groups excluding tert-OH is 1. The van der Waals surface area contributed by atoms with Crippen molar-refractivity contribution in [3.63, 3.8) is 0 Å². The van der Waals surface area contributed by atoms with Gasteiger partial charge in [0.1, 0.15) is 11.4 Å². The predicted molar refractivity (Wildman–Crippen MR) is 147 cm³/mol. The number of aromatic nitrogens is 1. The standard InChI is InChI=1S/C29H35N3O4S/c1-29(2,3)32-12-6-5-8-19-24(23-9-7-15-37-23)25-20-17-21(27(34)30-11-14-33)22(36-4)16-18(20)10-13-31(25)26(19)28(32)35/h7,9,15-17,33H,5-6,8,10-14H2,1-4H3,(H,30,34). The van der Waals surface area contributed by atoms with Gasteiger partial charge in [-0.05, 0) is 81.2 Å². The Morgan fingerprint density at radius 2 is 1.97 bits per heavy atom. The minimum atomic E-state index is -0.289. The van der Waals surface area contributed by atoms with E-state index >= 15 is 0 Å². The molecule has 0 fully saturated rings. The van der Waals surface area contributed by atoms with Crippen LogP contribution in [0.2, 0.25) is 0 Å². The Morgan fingerprint density at radius 3 is 2.65 bits per heavy atom. The van der Waals surface area contributed by atoms with Crippen LogP contribution in [0.15, 0.2) is 29.6 Å². The fourth-order valence-corrected chi connectivity index (χ4v) is 6.48. The largest absolute Gasteiger partial charge is 0.496 e. The van der Waals surface area contributed by atoms with Crippen LogP contribution in [0.4, 0.5) is 0 Å². The smallest absolute Gasteiger partial charge is 0.271 e. The molecule has 2 amide bonds. The first kappa shape index (κ1) is 25.5. The summed E-state index contributed by atoms with van der Waals surface area (Å²) in [5, 5.41) is 14.0. The third-order valence-electron chi connectivity index (χ3n) is 7.37. The van der Waals surface area contributed by atoms with Gasteiger partial charge in [0.15, 0.2) is 0 Å². The minimum Gasteiger partial charge on any atom is -0.496 e. The second kappa shape index (κ2) is 9.99. The van der Waals surface area contributed by atoms with Crippen molar-refractivity contribution in [3.8, 4) is 27.4 Å². The zero-order valence-corrected chi connectivity index (χ0v) is 22.8. The molecule has 196 valence electrons. The summed E-state index contributed by atoms with van der Waals surface area (Å²) in [7, 11) is 1.57. The zero-order chi connectivity index (χ0) is 26.3. The van der Waals surface area contributed by atoms with E-state index in [2.05, 4.69) is 42.1 Å². The lowest BCUT2D eigenvalue weighted by Gasteiger charge is -2.37. The van der Waals surface area contributed by atoms with Gasteiger partial charge in [0.25, 0.3) is 11.8 Å². The molecule has 5 rings (SSSR count). The van der Waals surface area contributed by atoms with Gasteiger partial charge in [-0.1, -0.05) is 6.07 Å². The van der Waals surface area contributed by atoms with Gasteiger partial charge >= 0.3 is 0 Å². The summed E-state index contributed by atoms with van der Waals surface area (Å²) in [4.78, 5) is 30.4. The number of fused-ring (bicyclic) bond motifs is 5. The number of hydrogen-bond donors (Lipinski definition) is 2. The number of aryl methyl sites for hydroxylation is 1. The van der Waals surface area contributed by atoms with Crippen molar-refractivity contribution in [3.05, 3.63) is 52.0 Å². The van der Waals surface area contributed by atoms with Crippen molar-refractivity contribution in [2.75, 3.05) is 26.8 Å². The first-order chi connectivity index (χ1) is 17.8. The van der Waals surface area contributed by atoms with E-state index in [0.717, 1.165) is 70.7 Å². The molecule has 2 aliphatic rings. The molecule has 0 radical (unpaired) electrons. The number of carbonyl (C=O) groups excluding carboxylic acids is 2. The summed E-state index contributed by atoms with van der Waals surface area (Å²) in [6, 6.07) is 8.04. The topological polar surface area (TPSA) is 83.8 Å². The fourth-order valence-electron chi connectivity index (χ4n) is 5.68. The first-order valence-corrected chi connectivity index (χ1v) is 13.9. The second-order valence-electron chi connectivity index (χ2n) is 10.7. The highest BCUT2D eigenvalue weighted by Crippen LogP contribution is 2.47. The maximum absolute atomic E-state index is 14.2. The van der Waals surface area contributed by atoms with Crippen LogP contribution >= 0.6 is 11.3 Å².